The number of hydrogen-bond acceptors (Lipinski definition) is 24. The standard InChI is InChI=1S/C88H121N23O21S/c1-7-9-20-67-81(125)99-58(29-30-89)77(121)106-66(76(120)96-41-73(92)117)44-133-45-74(118)98-62(32-48-23-25-52(113)26-24-48)84(128)107(4)47(3)75(119)103-64(37-72(91)116)87(131)110-31-15-22-68(110)82(126)102-61(35-51-40-93-46-97-51)79(123)100-59(27-28-71(90)115)86(130)111-42-53(114)36-70(111)83(127)101-60(33-49-38-94-56-18-13-11-16-54(49)56)78(122)105-65(43-112)80(124)104-63(34-50-39-95-57-19-14-12-17-55(50)57)85(129)109(6)69(21-10-8-2)88(132)108(67)5/h11-14,16-19,23-26,38-40,46-47,53,58-70,94-95,112-114H,7-10,15,20-22,27-37,41-45,89H2,1-6H3,(H2,90,115)(H2,91,116)(H2,92,117)(H,93,97)(H,96,120)(H,98,118)(H,99,125)(H,100,123)(H,101,127)(H,102,126)(H,103,119)(H,104,124)(H,105,122)(H,106,121)/t47-,53+,58-,59-,60-,61-,62-,63-,64-,65-,66-,67-,68-,69-,70-/m0/s1. The van der Waals surface area contributed by atoms with Gasteiger partial charge in [0.1, 0.15) is 90.3 Å². The van der Waals surface area contributed by atoms with Crippen LogP contribution in [0.15, 0.2) is 97.7 Å². The van der Waals surface area contributed by atoms with Crippen molar-refractivity contribution >= 4 is 140 Å². The van der Waals surface area contributed by atoms with Crippen LogP contribution < -0.4 is 76.1 Å². The highest BCUT2D eigenvalue weighted by Gasteiger charge is 2.47. The first-order valence-corrected chi connectivity index (χ1v) is 45.3. The Kier molecular flexibility index (Phi) is 38.1. The molecule has 0 bridgehead atoms. The molecule has 3 saturated heterocycles. The van der Waals surface area contributed by atoms with E-state index in [9.17, 15) is 63.3 Å². The number of H-pyrrole nitrogens is 3. The summed E-state index contributed by atoms with van der Waals surface area (Å²) in [6.07, 6.45) is 2.01. The summed E-state index contributed by atoms with van der Waals surface area (Å²) in [5.41, 5.74) is 25.7. The predicted molar refractivity (Wildman–Crippen MR) is 483 cm³/mol. The molecule has 720 valence electrons. The summed E-state index contributed by atoms with van der Waals surface area (Å²) in [6.45, 7) is 2.10. The highest BCUT2D eigenvalue weighted by molar-refractivity contribution is 8.00. The number of amides is 18. The van der Waals surface area contributed by atoms with E-state index in [1.165, 1.54) is 64.9 Å². The molecule has 3 aromatic carbocycles. The fourth-order valence-corrected chi connectivity index (χ4v) is 17.1. The zero-order valence-electron chi connectivity index (χ0n) is 75.0. The van der Waals surface area contributed by atoms with Gasteiger partial charge in [-0.1, -0.05) is 88.1 Å². The number of aromatic hydroxyl groups is 1. The molecule has 0 unspecified atom stereocenters. The summed E-state index contributed by atoms with van der Waals surface area (Å²) in [5.74, 6) is -18.8. The molecule has 6 heterocycles. The number of para-hydroxylation sites is 2. The minimum atomic E-state index is -1.92. The third-order valence-corrected chi connectivity index (χ3v) is 24.8. The summed E-state index contributed by atoms with van der Waals surface area (Å²) in [5, 5.41) is 59.9. The molecule has 15 atom stereocenters. The Morgan fingerprint density at radius 1 is 0.526 bits per heavy atom. The van der Waals surface area contributed by atoms with Gasteiger partial charge in [-0.25, -0.2) is 4.98 Å². The van der Waals surface area contributed by atoms with Gasteiger partial charge in [-0.3, -0.25) is 86.3 Å². The molecule has 3 aromatic heterocycles. The number of carbonyl (C=O) groups excluding carboxylic acids is 18. The average Bonchev–Trinajstić information content (AvgIpc) is 1.66. The molecule has 3 aliphatic heterocycles. The highest BCUT2D eigenvalue weighted by atomic mass is 32.2. The van der Waals surface area contributed by atoms with E-state index in [4.69, 9.17) is 22.9 Å². The van der Waals surface area contributed by atoms with Crippen molar-refractivity contribution in [3.8, 4) is 5.75 Å². The molecule has 45 heteroatoms. The number of primary amides is 3. The van der Waals surface area contributed by atoms with Crippen LogP contribution in [0.5, 0.6) is 5.75 Å². The Morgan fingerprint density at radius 3 is 1.65 bits per heavy atom. The smallest absolute Gasteiger partial charge is 0.246 e. The number of nitrogens with one attached hydrogen (secondary N) is 13. The highest BCUT2D eigenvalue weighted by Crippen LogP contribution is 2.28. The van der Waals surface area contributed by atoms with Crippen LogP contribution >= 0.6 is 11.8 Å². The number of nitrogens with zero attached hydrogens (tertiary/aromatic N) is 6. The van der Waals surface area contributed by atoms with E-state index in [-0.39, 0.29) is 82.3 Å². The Labute approximate surface area is 770 Å². The molecule has 0 saturated carbocycles. The van der Waals surface area contributed by atoms with Crippen molar-refractivity contribution in [2.75, 3.05) is 65.4 Å². The Hall–Kier alpha value is -13.6. The number of thioether (sulfide) groups is 1. The first kappa shape index (κ1) is 103. The molecular formula is C88H121N23O21S. The second-order valence-corrected chi connectivity index (χ2v) is 34.5. The monoisotopic (exact) mass is 1870 g/mol. The number of hydrogen-bond donors (Lipinski definition) is 20. The van der Waals surface area contributed by atoms with Gasteiger partial charge in [0, 0.05) is 125 Å². The predicted octanol–water partition coefficient (Wildman–Crippen LogP) is -4.62. The third kappa shape index (κ3) is 28.2. The number of nitrogens with two attached hydrogens (primary N) is 4. The van der Waals surface area contributed by atoms with Gasteiger partial charge >= 0.3 is 0 Å². The van der Waals surface area contributed by atoms with Crippen LogP contribution in [-0.2, 0) is 112 Å². The first-order chi connectivity index (χ1) is 63.4. The fourth-order valence-electron chi connectivity index (χ4n) is 16.3. The number of fused-ring (bicyclic) bond motifs is 4. The van der Waals surface area contributed by atoms with Crippen molar-refractivity contribution in [2.24, 2.45) is 22.9 Å². The molecule has 0 spiro atoms. The normalized spacial score (nSPS) is 24.9. The van der Waals surface area contributed by atoms with Gasteiger partial charge in [-0.15, -0.1) is 11.8 Å². The molecule has 18 amide bonds. The number of carbonyl (C=O) groups is 18. The minimum Gasteiger partial charge on any atom is -0.508 e. The lowest BCUT2D eigenvalue weighted by molar-refractivity contribution is -0.149. The van der Waals surface area contributed by atoms with Crippen molar-refractivity contribution in [1.29, 1.82) is 0 Å². The maximum absolute atomic E-state index is 15.7. The minimum absolute atomic E-state index is 0.0103. The van der Waals surface area contributed by atoms with Crippen LogP contribution in [-0.4, -0.2) is 322 Å². The van der Waals surface area contributed by atoms with Gasteiger partial charge in [-0.2, -0.15) is 0 Å². The molecule has 9 rings (SSSR count). The van der Waals surface area contributed by atoms with E-state index >= 15 is 38.4 Å². The van der Waals surface area contributed by atoms with Crippen LogP contribution in [0.3, 0.4) is 0 Å². The Morgan fingerprint density at radius 2 is 1.06 bits per heavy atom. The van der Waals surface area contributed by atoms with E-state index in [0.717, 1.165) is 36.3 Å². The zero-order valence-corrected chi connectivity index (χ0v) is 75.8. The number of aromatic amines is 3. The lowest BCUT2D eigenvalue weighted by Gasteiger charge is -2.36. The number of aliphatic hydroxyl groups excluding tert-OH is 2. The Bertz CT molecular complexity index is 5170. The van der Waals surface area contributed by atoms with E-state index in [2.05, 4.69) is 73.1 Å². The van der Waals surface area contributed by atoms with Crippen LogP contribution in [0.2, 0.25) is 0 Å². The van der Waals surface area contributed by atoms with Crippen LogP contribution in [0, 0.1) is 0 Å². The van der Waals surface area contributed by atoms with Gasteiger partial charge in [0.05, 0.1) is 37.8 Å². The number of phenolic OH excluding ortho intramolecular Hbond substituents is 1. The molecule has 6 aromatic rings. The number of aliphatic hydroxyl groups is 2. The van der Waals surface area contributed by atoms with Gasteiger partial charge in [0.25, 0.3) is 0 Å². The number of aromatic nitrogens is 4. The van der Waals surface area contributed by atoms with E-state index in [1.807, 2.05) is 13.8 Å². The lowest BCUT2D eigenvalue weighted by Crippen LogP contribution is -2.62. The summed E-state index contributed by atoms with van der Waals surface area (Å²) in [7, 11) is 3.87. The topological polar surface area (TPSA) is 669 Å². The van der Waals surface area contributed by atoms with Crippen molar-refractivity contribution in [3.63, 3.8) is 0 Å². The Balaban J connectivity index is 1.09. The first-order valence-electron chi connectivity index (χ1n) is 44.1. The molecule has 3 fully saturated rings. The van der Waals surface area contributed by atoms with Crippen LogP contribution in [0.4, 0.5) is 0 Å². The molecule has 133 heavy (non-hydrogen) atoms. The van der Waals surface area contributed by atoms with Gasteiger partial charge in [-0.05, 0) is 92.9 Å². The second-order valence-electron chi connectivity index (χ2n) is 33.4. The van der Waals surface area contributed by atoms with Crippen molar-refractivity contribution in [3.05, 3.63) is 120 Å². The molecule has 3 aliphatic rings. The third-order valence-electron chi connectivity index (χ3n) is 23.8. The molecular weight excluding hydrogens is 1750 g/mol. The van der Waals surface area contributed by atoms with Crippen molar-refractivity contribution in [1.82, 2.24) is 97.6 Å². The number of phenols is 1. The second kappa shape index (κ2) is 49.1. The van der Waals surface area contributed by atoms with Crippen LogP contribution in [0.25, 0.3) is 21.8 Å². The fraction of sp³-hybridized carbons (Fsp3) is 0.511. The van der Waals surface area contributed by atoms with Gasteiger partial charge < -0.3 is 131 Å². The van der Waals surface area contributed by atoms with E-state index in [0.29, 0.717) is 64.2 Å². The van der Waals surface area contributed by atoms with Crippen molar-refractivity contribution in [2.45, 2.75) is 221 Å². The molecule has 0 aliphatic carbocycles. The number of likely N-dealkylation sites (N-methyl/N-ethyl adjacent to an activating group) is 3. The molecule has 0 radical (unpaired) electrons. The number of unbranched alkanes of at least 4 members (excludes halogenated alkanes) is 2. The van der Waals surface area contributed by atoms with E-state index in [1.54, 1.807) is 60.9 Å². The maximum atomic E-state index is 15.7. The van der Waals surface area contributed by atoms with Gasteiger partial charge in [0.15, 0.2) is 0 Å². The summed E-state index contributed by atoms with van der Waals surface area (Å²) >= 11 is 0.759. The zero-order chi connectivity index (χ0) is 97.0. The van der Waals surface area contributed by atoms with Gasteiger partial charge in [0.2, 0.25) is 106 Å². The number of imidazole rings is 1. The van der Waals surface area contributed by atoms with Crippen LogP contribution in [0.1, 0.15) is 127 Å². The number of benzene rings is 3. The SMILES string of the molecule is CCCC[C@H]1C(=O)N(C)[C@@H](CCCC)C(=O)N[C@@H](CCN)C(=O)N[C@H](C(=O)NCC(N)=O)CSCC(=O)N[C@@H](Cc2ccc(O)cc2)C(=O)N(C)[C@@H](C)C(=O)N[C@@H](CC(N)=O)C(=O)N2CCC[C@H]2C(=O)N[C@@H](Cc2cnc[nH]2)C(=O)N[C@@H](CCC(N)=O)C(=O)N2C[C@H](O)C[C@H]2C(=O)N[C@@H](Cc2c[nH]c3ccccc23)C(=O)N[C@@H](CO)C(=O)N[C@@H](Cc2c[nH]c3ccccc23)C(=O)N1C. The summed E-state index contributed by atoms with van der Waals surface area (Å²) in [6, 6.07) is -3.06. The summed E-state index contributed by atoms with van der Waals surface area (Å²) < 4.78 is 0. The average molecular weight is 1870 g/mol. The largest absolute Gasteiger partial charge is 0.508 e. The number of rotatable bonds is 25. The van der Waals surface area contributed by atoms with E-state index < -0.39 is 254 Å². The quantitative estimate of drug-likeness (QED) is 0.0256. The summed E-state index contributed by atoms with van der Waals surface area (Å²) in [4.78, 5) is 280. The van der Waals surface area contributed by atoms with Crippen molar-refractivity contribution < 1.29 is 102 Å². The maximum Gasteiger partial charge on any atom is 0.246 e. The lowest BCUT2D eigenvalue weighted by atomic mass is 10.00. The molecule has 44 nitrogen and oxygen atoms in total. The molecule has 24 N–H and O–H groups in total.